The fraction of sp³-hybridized carbons (Fsp3) is 0.316. The van der Waals surface area contributed by atoms with Crippen molar-refractivity contribution in [3.05, 3.63) is 51.8 Å². The monoisotopic (exact) mass is 392 g/mol. The molecule has 9 heteroatoms. The van der Waals surface area contributed by atoms with Crippen LogP contribution in [0.1, 0.15) is 31.1 Å². The predicted molar refractivity (Wildman–Crippen MR) is 101 cm³/mol. The van der Waals surface area contributed by atoms with Gasteiger partial charge in [0.1, 0.15) is 0 Å². The standard InChI is InChI=1S/C19H21FN2O6/c1-4-26-16-9-12(10-17(27-5-2)18(16)28-6-3)19(23)21-13-7-8-14(20)15(11-13)22(24)25/h7-11H,4-6H2,1-3H3,(H,21,23). The van der Waals surface area contributed by atoms with Crippen molar-refractivity contribution < 1.29 is 28.3 Å². The number of rotatable bonds is 9. The highest BCUT2D eigenvalue weighted by Crippen LogP contribution is 2.39. The van der Waals surface area contributed by atoms with Crippen molar-refractivity contribution >= 4 is 17.3 Å². The number of nitro benzene ring substituents is 1. The van der Waals surface area contributed by atoms with Crippen molar-refractivity contribution in [1.82, 2.24) is 0 Å². The number of carbonyl (C=O) groups excluding carboxylic acids is 1. The van der Waals surface area contributed by atoms with Crippen LogP contribution in [-0.2, 0) is 0 Å². The Balaban J connectivity index is 2.39. The molecule has 2 aromatic carbocycles. The molecule has 0 spiro atoms. The number of amides is 1. The van der Waals surface area contributed by atoms with Crippen LogP contribution in [0.25, 0.3) is 0 Å². The van der Waals surface area contributed by atoms with Crippen LogP contribution in [0.4, 0.5) is 15.8 Å². The van der Waals surface area contributed by atoms with E-state index in [1.807, 2.05) is 6.92 Å². The maximum absolute atomic E-state index is 13.5. The van der Waals surface area contributed by atoms with E-state index in [9.17, 15) is 19.3 Å². The number of carbonyl (C=O) groups is 1. The lowest BCUT2D eigenvalue weighted by Gasteiger charge is -2.17. The SMILES string of the molecule is CCOc1cc(C(=O)Nc2ccc(F)c([N+](=O)[O-])c2)cc(OCC)c1OCC. The zero-order valence-corrected chi connectivity index (χ0v) is 15.8. The van der Waals surface area contributed by atoms with E-state index in [0.29, 0.717) is 37.1 Å². The molecule has 2 rings (SSSR count). The molecule has 0 bridgehead atoms. The number of ether oxygens (including phenoxy) is 3. The molecule has 0 aromatic heterocycles. The van der Waals surface area contributed by atoms with Crippen LogP contribution in [0, 0.1) is 15.9 Å². The van der Waals surface area contributed by atoms with Gasteiger partial charge in [-0.3, -0.25) is 14.9 Å². The quantitative estimate of drug-likeness (QED) is 0.507. The summed E-state index contributed by atoms with van der Waals surface area (Å²) in [7, 11) is 0. The first-order valence-corrected chi connectivity index (χ1v) is 8.72. The smallest absolute Gasteiger partial charge is 0.306 e. The van der Waals surface area contributed by atoms with Gasteiger partial charge < -0.3 is 19.5 Å². The maximum atomic E-state index is 13.5. The molecule has 0 atom stereocenters. The average molecular weight is 392 g/mol. The van der Waals surface area contributed by atoms with E-state index in [0.717, 1.165) is 12.1 Å². The van der Waals surface area contributed by atoms with Crippen LogP contribution in [0.5, 0.6) is 17.2 Å². The minimum Gasteiger partial charge on any atom is -0.490 e. The summed E-state index contributed by atoms with van der Waals surface area (Å²) in [5.74, 6) is -0.483. The predicted octanol–water partition coefficient (Wildman–Crippen LogP) is 4.18. The Morgan fingerprint density at radius 1 is 1.04 bits per heavy atom. The summed E-state index contributed by atoms with van der Waals surface area (Å²) in [4.78, 5) is 22.6. The first-order valence-electron chi connectivity index (χ1n) is 8.72. The molecule has 0 saturated heterocycles. The van der Waals surface area contributed by atoms with Crippen molar-refractivity contribution in [2.45, 2.75) is 20.8 Å². The van der Waals surface area contributed by atoms with Gasteiger partial charge in [0.15, 0.2) is 11.5 Å². The molecule has 0 heterocycles. The number of anilines is 1. The van der Waals surface area contributed by atoms with Crippen molar-refractivity contribution in [3.63, 3.8) is 0 Å². The Morgan fingerprint density at radius 2 is 1.61 bits per heavy atom. The normalized spacial score (nSPS) is 10.3. The molecule has 0 unspecified atom stereocenters. The van der Waals surface area contributed by atoms with E-state index in [2.05, 4.69) is 5.32 Å². The molecule has 0 aliphatic rings. The summed E-state index contributed by atoms with van der Waals surface area (Å²) in [6.45, 7) is 6.47. The summed E-state index contributed by atoms with van der Waals surface area (Å²) in [5.41, 5.74) is -0.445. The number of nitro groups is 1. The Bertz CT molecular complexity index is 844. The van der Waals surface area contributed by atoms with Crippen LogP contribution in [0.15, 0.2) is 30.3 Å². The Hall–Kier alpha value is -3.36. The lowest BCUT2D eigenvalue weighted by Crippen LogP contribution is -2.13. The van der Waals surface area contributed by atoms with Crippen LogP contribution < -0.4 is 19.5 Å². The van der Waals surface area contributed by atoms with E-state index in [1.165, 1.54) is 18.2 Å². The summed E-state index contributed by atoms with van der Waals surface area (Å²) in [5, 5.41) is 13.4. The molecule has 0 radical (unpaired) electrons. The second-order valence-corrected chi connectivity index (χ2v) is 5.48. The molecular weight excluding hydrogens is 371 g/mol. The molecule has 1 amide bonds. The first-order chi connectivity index (χ1) is 13.4. The van der Waals surface area contributed by atoms with Crippen molar-refractivity contribution in [2.75, 3.05) is 25.1 Å². The molecule has 0 saturated carbocycles. The molecule has 2 aromatic rings. The highest BCUT2D eigenvalue weighted by Gasteiger charge is 2.20. The molecule has 150 valence electrons. The number of nitrogens with zero attached hydrogens (tertiary/aromatic N) is 1. The minimum atomic E-state index is -0.985. The largest absolute Gasteiger partial charge is 0.490 e. The van der Waals surface area contributed by atoms with Crippen molar-refractivity contribution in [1.29, 1.82) is 0 Å². The van der Waals surface area contributed by atoms with E-state index in [-0.39, 0.29) is 11.3 Å². The van der Waals surface area contributed by atoms with Gasteiger partial charge in [0.25, 0.3) is 5.91 Å². The lowest BCUT2D eigenvalue weighted by atomic mass is 10.1. The van der Waals surface area contributed by atoms with Crippen LogP contribution in [0.3, 0.4) is 0 Å². The lowest BCUT2D eigenvalue weighted by molar-refractivity contribution is -0.387. The highest BCUT2D eigenvalue weighted by atomic mass is 19.1. The Labute approximate surface area is 161 Å². The molecule has 0 aliphatic carbocycles. The van der Waals surface area contributed by atoms with Gasteiger partial charge in [-0.2, -0.15) is 4.39 Å². The number of hydrogen-bond acceptors (Lipinski definition) is 6. The van der Waals surface area contributed by atoms with E-state index in [4.69, 9.17) is 14.2 Å². The van der Waals surface area contributed by atoms with Crippen LogP contribution >= 0.6 is 0 Å². The Kier molecular flexibility index (Phi) is 7.14. The maximum Gasteiger partial charge on any atom is 0.306 e. The van der Waals surface area contributed by atoms with Gasteiger partial charge in [0.05, 0.1) is 24.7 Å². The van der Waals surface area contributed by atoms with E-state index >= 15 is 0 Å². The second kappa shape index (κ2) is 9.54. The molecular formula is C19H21FN2O6. The third-order valence-electron chi connectivity index (χ3n) is 3.57. The van der Waals surface area contributed by atoms with Crippen LogP contribution in [0.2, 0.25) is 0 Å². The van der Waals surface area contributed by atoms with E-state index < -0.39 is 22.3 Å². The van der Waals surface area contributed by atoms with Gasteiger partial charge >= 0.3 is 5.69 Å². The number of benzene rings is 2. The number of halogens is 1. The number of nitrogens with one attached hydrogen (secondary N) is 1. The fourth-order valence-corrected chi connectivity index (χ4v) is 2.45. The number of hydrogen-bond donors (Lipinski definition) is 1. The zero-order chi connectivity index (χ0) is 20.7. The third-order valence-corrected chi connectivity index (χ3v) is 3.57. The molecule has 28 heavy (non-hydrogen) atoms. The zero-order valence-electron chi connectivity index (χ0n) is 15.8. The van der Waals surface area contributed by atoms with Gasteiger partial charge in [-0.15, -0.1) is 0 Å². The van der Waals surface area contributed by atoms with Crippen LogP contribution in [-0.4, -0.2) is 30.7 Å². The van der Waals surface area contributed by atoms with Gasteiger partial charge in [-0.1, -0.05) is 0 Å². The van der Waals surface area contributed by atoms with Gasteiger partial charge in [-0.05, 0) is 45.0 Å². The highest BCUT2D eigenvalue weighted by molar-refractivity contribution is 6.05. The Morgan fingerprint density at radius 3 is 2.11 bits per heavy atom. The molecule has 8 nitrogen and oxygen atoms in total. The van der Waals surface area contributed by atoms with E-state index in [1.54, 1.807) is 13.8 Å². The second-order valence-electron chi connectivity index (χ2n) is 5.48. The summed E-state index contributed by atoms with van der Waals surface area (Å²) < 4.78 is 30.2. The molecule has 1 N–H and O–H groups in total. The topological polar surface area (TPSA) is 99.9 Å². The summed E-state index contributed by atoms with van der Waals surface area (Å²) in [6, 6.07) is 6.09. The summed E-state index contributed by atoms with van der Waals surface area (Å²) >= 11 is 0. The van der Waals surface area contributed by atoms with Gasteiger partial charge in [-0.25, -0.2) is 0 Å². The summed E-state index contributed by atoms with van der Waals surface area (Å²) in [6.07, 6.45) is 0. The molecule has 0 fully saturated rings. The van der Waals surface area contributed by atoms with Gasteiger partial charge in [0, 0.05) is 17.3 Å². The van der Waals surface area contributed by atoms with Crippen molar-refractivity contribution in [2.24, 2.45) is 0 Å². The third kappa shape index (κ3) is 4.87. The van der Waals surface area contributed by atoms with Gasteiger partial charge in [0.2, 0.25) is 11.6 Å². The average Bonchev–Trinajstić information content (AvgIpc) is 2.65. The first kappa shape index (κ1) is 20.9. The minimum absolute atomic E-state index is 0.0860. The fourth-order valence-electron chi connectivity index (χ4n) is 2.45. The van der Waals surface area contributed by atoms with Crippen molar-refractivity contribution in [3.8, 4) is 17.2 Å². The molecule has 0 aliphatic heterocycles.